The second-order valence-corrected chi connectivity index (χ2v) is 16.1. The summed E-state index contributed by atoms with van der Waals surface area (Å²) in [7, 11) is 1.87. The third-order valence-electron chi connectivity index (χ3n) is 11.0. The van der Waals surface area contributed by atoms with E-state index in [1.54, 1.807) is 6.20 Å². The van der Waals surface area contributed by atoms with E-state index in [-0.39, 0.29) is 17.7 Å². The zero-order chi connectivity index (χ0) is 38.5. The van der Waals surface area contributed by atoms with Crippen LogP contribution in [-0.4, -0.2) is 114 Å². The van der Waals surface area contributed by atoms with E-state index < -0.39 is 0 Å². The van der Waals surface area contributed by atoms with E-state index in [9.17, 15) is 14.4 Å². The number of benzene rings is 2. The molecule has 2 amide bonds. The zero-order valence-electron chi connectivity index (χ0n) is 31.6. The van der Waals surface area contributed by atoms with Gasteiger partial charge in [0.2, 0.25) is 11.8 Å². The number of hydrogen-bond donors (Lipinski definition) is 3. The molecule has 2 bridgehead atoms. The first kappa shape index (κ1) is 38.6. The molecule has 13 nitrogen and oxygen atoms in total. The predicted octanol–water partition coefficient (Wildman–Crippen LogP) is 5.48. The van der Waals surface area contributed by atoms with Crippen LogP contribution in [0.25, 0.3) is 0 Å². The number of hydrogen-bond acceptors (Lipinski definition) is 13. The van der Waals surface area contributed by atoms with E-state index in [1.807, 2.05) is 57.3 Å². The van der Waals surface area contributed by atoms with Crippen molar-refractivity contribution in [1.29, 1.82) is 0 Å². The van der Waals surface area contributed by atoms with Gasteiger partial charge in [0.25, 0.3) is 0 Å². The molecule has 55 heavy (non-hydrogen) atoms. The second kappa shape index (κ2) is 17.4. The van der Waals surface area contributed by atoms with Gasteiger partial charge in [-0.3, -0.25) is 29.5 Å². The van der Waals surface area contributed by atoms with E-state index >= 15 is 0 Å². The van der Waals surface area contributed by atoms with Crippen LogP contribution in [0.4, 0.5) is 28.1 Å². The predicted molar refractivity (Wildman–Crippen MR) is 219 cm³/mol. The first-order valence-electron chi connectivity index (χ1n) is 19.1. The highest BCUT2D eigenvalue weighted by Crippen LogP contribution is 2.35. The number of para-hydroxylation sites is 1. The number of fused-ring (bicyclic) bond motifs is 2. The highest BCUT2D eigenvalue weighted by molar-refractivity contribution is 7.17. The summed E-state index contributed by atoms with van der Waals surface area (Å²) < 4.78 is 0. The lowest BCUT2D eigenvalue weighted by Crippen LogP contribution is -2.49. The third kappa shape index (κ3) is 9.26. The Balaban J connectivity index is 0.000000406. The smallest absolute Gasteiger partial charge is 0.234 e. The minimum atomic E-state index is -0.233. The first-order chi connectivity index (χ1) is 26.7. The van der Waals surface area contributed by atoms with E-state index in [1.165, 1.54) is 35.4 Å². The fraction of sp³-hybridized carbons (Fsp3) is 0.450. The Morgan fingerprint density at radius 3 is 2.45 bits per heavy atom. The first-order valence-corrected chi connectivity index (χ1v) is 20.2. The number of nitrogens with zero attached hydrogens (tertiary/aromatic N) is 7. The van der Waals surface area contributed by atoms with Gasteiger partial charge in [-0.25, -0.2) is 15.0 Å². The summed E-state index contributed by atoms with van der Waals surface area (Å²) in [5.74, 6) is 1.78. The summed E-state index contributed by atoms with van der Waals surface area (Å²) in [6.07, 6.45) is 5.70. The number of anilines is 5. The van der Waals surface area contributed by atoms with Crippen molar-refractivity contribution in [3.05, 3.63) is 81.6 Å². The summed E-state index contributed by atoms with van der Waals surface area (Å²) in [6, 6.07) is 17.2. The lowest BCUT2D eigenvalue weighted by Gasteiger charge is -2.37. The average molecular weight is 785 g/mol. The molecule has 15 heteroatoms. The Kier molecular flexibility index (Phi) is 12.3. The normalized spacial score (nSPS) is 21.3. The maximum absolute atomic E-state index is 12.2. The number of halogens is 1. The molecule has 8 rings (SSSR count). The minimum Gasteiger partial charge on any atom is -0.387 e. The fourth-order valence-corrected chi connectivity index (χ4v) is 9.13. The van der Waals surface area contributed by atoms with Gasteiger partial charge >= 0.3 is 0 Å². The summed E-state index contributed by atoms with van der Waals surface area (Å²) in [5.41, 5.74) is 4.37. The number of aldehydes is 1. The molecule has 2 aromatic heterocycles. The molecular weight excluding hydrogens is 736 g/mol. The van der Waals surface area contributed by atoms with Crippen LogP contribution in [0.1, 0.15) is 58.2 Å². The molecule has 0 saturated carbocycles. The van der Waals surface area contributed by atoms with Crippen LogP contribution in [0.15, 0.2) is 54.7 Å². The quantitative estimate of drug-likeness (QED) is 0.131. The molecule has 4 fully saturated rings. The monoisotopic (exact) mass is 784 g/mol. The van der Waals surface area contributed by atoms with Crippen molar-refractivity contribution in [2.75, 3.05) is 79.8 Å². The summed E-state index contributed by atoms with van der Waals surface area (Å²) in [6.45, 7) is 12.3. The van der Waals surface area contributed by atoms with E-state index in [0.717, 1.165) is 80.7 Å². The van der Waals surface area contributed by atoms with Gasteiger partial charge in [-0.2, -0.15) is 0 Å². The average Bonchev–Trinajstić information content (AvgIpc) is 3.92. The zero-order valence-corrected chi connectivity index (χ0v) is 33.2. The number of amides is 2. The van der Waals surface area contributed by atoms with Gasteiger partial charge in [0.05, 0.1) is 27.7 Å². The van der Waals surface area contributed by atoms with Crippen molar-refractivity contribution < 1.29 is 14.4 Å². The molecule has 4 aliphatic heterocycles. The number of aromatic nitrogens is 3. The summed E-state index contributed by atoms with van der Waals surface area (Å²) in [5, 5.41) is 10.2. The van der Waals surface area contributed by atoms with Crippen LogP contribution < -0.4 is 25.8 Å². The summed E-state index contributed by atoms with van der Waals surface area (Å²) >= 11 is 7.18. The van der Waals surface area contributed by atoms with Crippen LogP contribution in [0.2, 0.25) is 5.02 Å². The maximum atomic E-state index is 12.2. The minimum absolute atomic E-state index is 0.174. The Hall–Kier alpha value is -4.63. The lowest BCUT2D eigenvalue weighted by molar-refractivity contribution is -0.134. The van der Waals surface area contributed by atoms with Gasteiger partial charge in [-0.1, -0.05) is 47.2 Å². The Bertz CT molecular complexity index is 1970. The lowest BCUT2D eigenvalue weighted by atomic mass is 9.90. The Morgan fingerprint density at radius 1 is 1.00 bits per heavy atom. The number of carbonyl (C=O) groups is 3. The van der Waals surface area contributed by atoms with Crippen molar-refractivity contribution >= 4 is 69.2 Å². The van der Waals surface area contributed by atoms with Crippen molar-refractivity contribution in [2.45, 2.75) is 57.5 Å². The molecule has 4 aliphatic rings. The molecule has 290 valence electrons. The number of carbonyl (C=O) groups excluding carboxylic acids is 3. The number of piperazine rings is 2. The van der Waals surface area contributed by atoms with Gasteiger partial charge in [0, 0.05) is 76.6 Å². The number of likely N-dealkylation sites (tertiary alicyclic amines) is 1. The van der Waals surface area contributed by atoms with Gasteiger partial charge in [0.15, 0.2) is 11.4 Å². The molecule has 3 N–H and O–H groups in total. The third-order valence-corrected chi connectivity index (χ3v) is 12.2. The molecule has 4 saturated heterocycles. The van der Waals surface area contributed by atoms with Crippen LogP contribution in [0.3, 0.4) is 0 Å². The molecule has 0 spiro atoms. The maximum Gasteiger partial charge on any atom is 0.234 e. The topological polar surface area (TPSA) is 139 Å². The van der Waals surface area contributed by atoms with Crippen LogP contribution in [0.5, 0.6) is 0 Å². The molecule has 3 atom stereocenters. The van der Waals surface area contributed by atoms with Gasteiger partial charge in [0.1, 0.15) is 17.5 Å². The van der Waals surface area contributed by atoms with E-state index in [2.05, 4.69) is 57.7 Å². The number of nitrogens with one attached hydrogen (secondary N) is 3. The van der Waals surface area contributed by atoms with Gasteiger partial charge in [-0.05, 0) is 75.5 Å². The fourth-order valence-electron chi connectivity index (χ4n) is 8.18. The second-order valence-electron chi connectivity index (χ2n) is 14.6. The molecule has 2 aromatic carbocycles. The Morgan fingerprint density at radius 2 is 1.80 bits per heavy atom. The Labute approximate surface area is 331 Å². The van der Waals surface area contributed by atoms with Gasteiger partial charge in [-0.15, -0.1) is 0 Å². The highest BCUT2D eigenvalue weighted by Gasteiger charge is 2.43. The highest BCUT2D eigenvalue weighted by atomic mass is 35.5. The van der Waals surface area contributed by atoms with Crippen molar-refractivity contribution in [1.82, 2.24) is 30.1 Å². The van der Waals surface area contributed by atoms with E-state index in [0.29, 0.717) is 46.6 Å². The van der Waals surface area contributed by atoms with E-state index in [4.69, 9.17) is 16.6 Å². The molecule has 0 radical (unpaired) electrons. The number of thiazole rings is 1. The van der Waals surface area contributed by atoms with Crippen LogP contribution >= 0.6 is 22.9 Å². The largest absolute Gasteiger partial charge is 0.387 e. The van der Waals surface area contributed by atoms with Crippen molar-refractivity contribution in [3.8, 4) is 0 Å². The molecule has 0 aliphatic carbocycles. The number of imide groups is 1. The van der Waals surface area contributed by atoms with Gasteiger partial charge < -0.3 is 20.4 Å². The van der Waals surface area contributed by atoms with Crippen molar-refractivity contribution in [2.24, 2.45) is 0 Å². The molecule has 6 heterocycles. The standard InChI is InChI=1S/C32H39N9O3S.C8H10ClN/c1-21-34-28(36-32-33-17-26(20-42)45-32)16-29(35-21)41-19-24-15-25(41)18-40(24)10-2-9-38-11-13-39(14-12-38)23-5-3-22(4-6-23)27-7-8-30(43)37-31(27)44;1-6-4-3-5-7(9)8(6)10-2/h3-6,16-17,20,24-25,27H,2,7-15,18-19H2,1H3,(H,37,43,44)(H,33,34,35,36);3-5,10H,1-2H3/t24?,25-,27?;/m0./s1. The molecule has 4 aromatic rings. The number of piperidine rings is 1. The molecule has 2 unspecified atom stereocenters. The molecular formula is C40H49ClN10O3S. The van der Waals surface area contributed by atoms with Crippen molar-refractivity contribution in [3.63, 3.8) is 0 Å². The SMILES string of the molecule is CNc1c(C)cccc1Cl.Cc1nc(Nc2ncc(C=O)s2)cc(N2CC3C[C@H]2CN3CCCN2CCN(c3ccc(C4CCC(=O)NC4=O)cc3)CC2)n1. The summed E-state index contributed by atoms with van der Waals surface area (Å²) in [4.78, 5) is 58.9. The number of aryl methyl sites for hydroxylation is 2. The van der Waals surface area contributed by atoms with Crippen LogP contribution in [-0.2, 0) is 9.59 Å². The number of rotatable bonds is 11. The van der Waals surface area contributed by atoms with Crippen LogP contribution in [0, 0.1) is 13.8 Å².